The molecular formula is C22H13N3O3S2. The number of anilines is 1. The van der Waals surface area contributed by atoms with Gasteiger partial charge in [0.05, 0.1) is 20.0 Å². The van der Waals surface area contributed by atoms with Gasteiger partial charge in [0.25, 0.3) is 11.6 Å². The summed E-state index contributed by atoms with van der Waals surface area (Å²) in [5, 5.41) is 17.6. The molecular weight excluding hydrogens is 418 g/mol. The van der Waals surface area contributed by atoms with Gasteiger partial charge in [0, 0.05) is 27.6 Å². The number of nitro benzene ring substituents is 1. The molecule has 30 heavy (non-hydrogen) atoms. The Hall–Kier alpha value is -3.36. The zero-order chi connectivity index (χ0) is 20.4. The highest BCUT2D eigenvalue weighted by atomic mass is 32.1. The van der Waals surface area contributed by atoms with E-state index in [9.17, 15) is 14.9 Å². The van der Waals surface area contributed by atoms with Crippen molar-refractivity contribution < 1.29 is 9.72 Å². The van der Waals surface area contributed by atoms with Crippen LogP contribution in [0.25, 0.3) is 31.1 Å². The number of hydrogen-bond donors (Lipinski definition) is 1. The van der Waals surface area contributed by atoms with E-state index in [1.807, 2.05) is 0 Å². The first-order valence-electron chi connectivity index (χ1n) is 9.40. The van der Waals surface area contributed by atoms with Crippen molar-refractivity contribution in [1.29, 1.82) is 0 Å². The molecule has 1 aliphatic rings. The summed E-state index contributed by atoms with van der Waals surface area (Å²) < 4.78 is 1.90. The molecule has 0 atom stereocenters. The summed E-state index contributed by atoms with van der Waals surface area (Å²) in [5.74, 6) is -0.254. The number of nitro groups is 1. The fraction of sp³-hybridized carbons (Fsp3) is 0.0909. The van der Waals surface area contributed by atoms with Crippen LogP contribution in [0.15, 0.2) is 48.5 Å². The van der Waals surface area contributed by atoms with Gasteiger partial charge in [-0.15, -0.1) is 11.3 Å². The second-order valence-electron chi connectivity index (χ2n) is 7.29. The molecule has 146 valence electrons. The third kappa shape index (κ3) is 2.61. The molecule has 0 bridgehead atoms. The number of fused-ring (bicyclic) bond motifs is 3. The SMILES string of the molecule is O=C(Nc1nc2c(cc3c4c(cccc42)CC3)s1)c1cc2cc([N+](=O)[O-])ccc2s1. The smallest absolute Gasteiger partial charge is 0.270 e. The molecule has 0 unspecified atom stereocenters. The summed E-state index contributed by atoms with van der Waals surface area (Å²) in [5.41, 5.74) is 3.65. The average Bonchev–Trinajstić information content (AvgIpc) is 3.45. The first kappa shape index (κ1) is 17.5. The number of thiophene rings is 1. The van der Waals surface area contributed by atoms with E-state index in [-0.39, 0.29) is 11.6 Å². The Morgan fingerprint density at radius 1 is 1.03 bits per heavy atom. The van der Waals surface area contributed by atoms with Crippen LogP contribution in [0.4, 0.5) is 10.8 Å². The zero-order valence-corrected chi connectivity index (χ0v) is 17.1. The standard InChI is InChI=1S/C22H13N3O3S2/c26-21(18-10-13-8-14(25(27)28)6-7-16(13)29-18)24-22-23-20-15-3-1-2-11-4-5-12(19(11)15)9-17(20)30-22/h1-3,6-10H,4-5H2,(H,23,24,26). The summed E-state index contributed by atoms with van der Waals surface area (Å²) in [4.78, 5) is 28.6. The summed E-state index contributed by atoms with van der Waals surface area (Å²) in [6.07, 6.45) is 2.11. The summed E-state index contributed by atoms with van der Waals surface area (Å²) in [6, 6.07) is 14.8. The Morgan fingerprint density at radius 3 is 2.77 bits per heavy atom. The molecule has 5 aromatic rings. The molecule has 1 amide bonds. The average molecular weight is 431 g/mol. The van der Waals surface area contributed by atoms with Gasteiger partial charge in [0.15, 0.2) is 5.13 Å². The van der Waals surface area contributed by atoms with Crippen LogP contribution < -0.4 is 5.32 Å². The topological polar surface area (TPSA) is 85.1 Å². The molecule has 2 heterocycles. The van der Waals surface area contributed by atoms with Crippen molar-refractivity contribution in [3.8, 4) is 0 Å². The first-order chi connectivity index (χ1) is 14.6. The number of aromatic nitrogens is 1. The van der Waals surface area contributed by atoms with Crippen LogP contribution >= 0.6 is 22.7 Å². The molecule has 2 aromatic heterocycles. The Bertz CT molecular complexity index is 1530. The number of non-ortho nitro benzene ring substituents is 1. The van der Waals surface area contributed by atoms with Gasteiger partial charge in [-0.25, -0.2) is 4.98 Å². The maximum Gasteiger partial charge on any atom is 0.270 e. The van der Waals surface area contributed by atoms with E-state index in [1.165, 1.54) is 51.3 Å². The van der Waals surface area contributed by atoms with Crippen LogP contribution in [0.5, 0.6) is 0 Å². The van der Waals surface area contributed by atoms with Crippen LogP contribution in [0.2, 0.25) is 0 Å². The summed E-state index contributed by atoms with van der Waals surface area (Å²) in [7, 11) is 0. The molecule has 0 radical (unpaired) electrons. The Labute approximate surface area is 177 Å². The normalized spacial score (nSPS) is 12.8. The number of thiazole rings is 1. The van der Waals surface area contributed by atoms with E-state index in [1.54, 1.807) is 12.1 Å². The molecule has 0 aliphatic heterocycles. The van der Waals surface area contributed by atoms with Crippen molar-refractivity contribution in [2.45, 2.75) is 12.8 Å². The quantitative estimate of drug-likeness (QED) is 0.284. The highest BCUT2D eigenvalue weighted by Gasteiger charge is 2.20. The third-order valence-electron chi connectivity index (χ3n) is 5.50. The van der Waals surface area contributed by atoms with E-state index in [0.29, 0.717) is 15.4 Å². The number of benzene rings is 3. The lowest BCUT2D eigenvalue weighted by molar-refractivity contribution is -0.384. The van der Waals surface area contributed by atoms with Gasteiger partial charge in [-0.05, 0) is 47.6 Å². The van der Waals surface area contributed by atoms with Gasteiger partial charge in [-0.2, -0.15) is 0 Å². The van der Waals surface area contributed by atoms with Crippen LogP contribution in [-0.2, 0) is 12.8 Å². The maximum absolute atomic E-state index is 12.8. The predicted molar refractivity (Wildman–Crippen MR) is 121 cm³/mol. The number of aryl methyl sites for hydroxylation is 2. The molecule has 0 fully saturated rings. The van der Waals surface area contributed by atoms with E-state index >= 15 is 0 Å². The fourth-order valence-corrected chi connectivity index (χ4v) is 6.05. The number of carbonyl (C=O) groups is 1. The van der Waals surface area contributed by atoms with Gasteiger partial charge in [0.2, 0.25) is 0 Å². The maximum atomic E-state index is 12.8. The number of hydrogen-bond acceptors (Lipinski definition) is 6. The molecule has 0 saturated carbocycles. The number of carbonyl (C=O) groups excluding carboxylic acids is 1. The largest absolute Gasteiger partial charge is 0.297 e. The molecule has 0 saturated heterocycles. The van der Waals surface area contributed by atoms with Crippen molar-refractivity contribution in [2.75, 3.05) is 5.32 Å². The molecule has 3 aromatic carbocycles. The molecule has 1 N–H and O–H groups in total. The second kappa shape index (κ2) is 6.32. The van der Waals surface area contributed by atoms with E-state index < -0.39 is 4.92 Å². The van der Waals surface area contributed by atoms with Crippen molar-refractivity contribution in [1.82, 2.24) is 4.98 Å². The number of rotatable bonds is 3. The predicted octanol–water partition coefficient (Wildman–Crippen LogP) is 5.92. The Kier molecular flexibility index (Phi) is 3.68. The zero-order valence-electron chi connectivity index (χ0n) is 15.5. The molecule has 6 nitrogen and oxygen atoms in total. The van der Waals surface area contributed by atoms with E-state index in [2.05, 4.69) is 29.6 Å². The van der Waals surface area contributed by atoms with Crippen LogP contribution in [0.1, 0.15) is 20.8 Å². The van der Waals surface area contributed by atoms with E-state index in [4.69, 9.17) is 4.98 Å². The minimum absolute atomic E-state index is 0.0157. The van der Waals surface area contributed by atoms with Crippen molar-refractivity contribution in [2.24, 2.45) is 0 Å². The first-order valence-corrected chi connectivity index (χ1v) is 11.0. The second-order valence-corrected chi connectivity index (χ2v) is 9.40. The molecule has 6 rings (SSSR count). The minimum Gasteiger partial charge on any atom is -0.297 e. The van der Waals surface area contributed by atoms with Crippen LogP contribution in [0.3, 0.4) is 0 Å². The van der Waals surface area contributed by atoms with Crippen LogP contribution in [0, 0.1) is 10.1 Å². The summed E-state index contributed by atoms with van der Waals surface area (Å²) in [6.45, 7) is 0. The van der Waals surface area contributed by atoms with Crippen LogP contribution in [-0.4, -0.2) is 15.8 Å². The highest BCUT2D eigenvalue weighted by Crippen LogP contribution is 2.39. The van der Waals surface area contributed by atoms with Crippen molar-refractivity contribution >= 4 is 70.5 Å². The molecule has 1 aliphatic carbocycles. The number of nitrogens with one attached hydrogen (secondary N) is 1. The Morgan fingerprint density at radius 2 is 1.90 bits per heavy atom. The lowest BCUT2D eigenvalue weighted by atomic mass is 10.0. The summed E-state index contributed by atoms with van der Waals surface area (Å²) >= 11 is 2.78. The number of amides is 1. The lowest BCUT2D eigenvalue weighted by Crippen LogP contribution is -2.09. The number of nitrogens with zero attached hydrogens (tertiary/aromatic N) is 2. The van der Waals surface area contributed by atoms with Gasteiger partial charge in [-0.3, -0.25) is 20.2 Å². The minimum atomic E-state index is -0.434. The van der Waals surface area contributed by atoms with Gasteiger partial charge in [-0.1, -0.05) is 29.5 Å². The highest BCUT2D eigenvalue weighted by molar-refractivity contribution is 7.23. The fourth-order valence-electron chi connectivity index (χ4n) is 4.17. The van der Waals surface area contributed by atoms with E-state index in [0.717, 1.165) is 33.1 Å². The monoisotopic (exact) mass is 431 g/mol. The molecule has 8 heteroatoms. The van der Waals surface area contributed by atoms with Crippen molar-refractivity contribution in [3.05, 3.63) is 74.6 Å². The van der Waals surface area contributed by atoms with Crippen molar-refractivity contribution in [3.63, 3.8) is 0 Å². The van der Waals surface area contributed by atoms with Gasteiger partial charge >= 0.3 is 0 Å². The van der Waals surface area contributed by atoms with Gasteiger partial charge in [0.1, 0.15) is 0 Å². The molecule has 0 spiro atoms. The lowest BCUT2D eigenvalue weighted by Gasteiger charge is -2.02. The van der Waals surface area contributed by atoms with Gasteiger partial charge < -0.3 is 0 Å². The Balaban J connectivity index is 1.37. The third-order valence-corrected chi connectivity index (χ3v) is 7.54.